The molecule has 4 nitrogen and oxygen atoms in total. The van der Waals surface area contributed by atoms with Gasteiger partial charge in [-0.2, -0.15) is 0 Å². The quantitative estimate of drug-likeness (QED) is 0.909. The molecule has 0 radical (unpaired) electrons. The van der Waals surface area contributed by atoms with Crippen LogP contribution in [0.5, 0.6) is 0 Å². The molecule has 0 unspecified atom stereocenters. The maximum atomic E-state index is 12.2. The fourth-order valence-corrected chi connectivity index (χ4v) is 2.57. The summed E-state index contributed by atoms with van der Waals surface area (Å²) < 4.78 is 0. The van der Waals surface area contributed by atoms with Crippen LogP contribution < -0.4 is 5.32 Å². The van der Waals surface area contributed by atoms with Gasteiger partial charge < -0.3 is 10.2 Å². The number of nitrogens with zero attached hydrogens (tertiary/aromatic N) is 2. The van der Waals surface area contributed by atoms with Crippen molar-refractivity contribution >= 4 is 17.2 Å². The second-order valence-corrected chi connectivity index (χ2v) is 5.26. The Morgan fingerprint density at radius 1 is 1.37 bits per heavy atom. The Labute approximate surface area is 117 Å². The summed E-state index contributed by atoms with van der Waals surface area (Å²) in [5.74, 6) is 0.0231. The van der Waals surface area contributed by atoms with Crippen molar-refractivity contribution in [3.63, 3.8) is 0 Å². The topological polar surface area (TPSA) is 45.2 Å². The van der Waals surface area contributed by atoms with Gasteiger partial charge in [0.15, 0.2) is 0 Å². The lowest BCUT2D eigenvalue weighted by molar-refractivity contribution is 0.0801. The van der Waals surface area contributed by atoms with Gasteiger partial charge in [-0.15, -0.1) is 11.3 Å². The van der Waals surface area contributed by atoms with Crippen molar-refractivity contribution in [1.82, 2.24) is 15.2 Å². The van der Waals surface area contributed by atoms with Crippen molar-refractivity contribution < 1.29 is 4.79 Å². The van der Waals surface area contributed by atoms with Crippen molar-refractivity contribution in [3.05, 3.63) is 41.4 Å². The fourth-order valence-electron chi connectivity index (χ4n) is 1.66. The lowest BCUT2D eigenvalue weighted by atomic mass is 10.2. The molecule has 1 heterocycles. The number of carbonyl (C=O) groups excluding carboxylic acids is 1. The van der Waals surface area contributed by atoms with E-state index in [1.54, 1.807) is 11.1 Å². The zero-order valence-corrected chi connectivity index (χ0v) is 11.9. The van der Waals surface area contributed by atoms with Gasteiger partial charge in [-0.25, -0.2) is 4.98 Å². The molecular formula is C14H17N3OS. The lowest BCUT2D eigenvalue weighted by Gasteiger charge is -2.15. The zero-order valence-electron chi connectivity index (χ0n) is 11.1. The highest BCUT2D eigenvalue weighted by Crippen LogP contribution is 2.25. The number of aromatic nitrogens is 1. The molecule has 5 heteroatoms. The van der Waals surface area contributed by atoms with Gasteiger partial charge in [-0.3, -0.25) is 4.79 Å². The summed E-state index contributed by atoms with van der Waals surface area (Å²) in [7, 11) is 3.68. The smallest absolute Gasteiger partial charge is 0.265 e. The predicted octanol–water partition coefficient (Wildman–Crippen LogP) is 2.10. The standard InChI is InChI=1S/C14H17N3OS/c1-15-8-9-17(2)14(18)12-10-16-13(19-12)11-6-4-3-5-7-11/h3-7,10,15H,8-9H2,1-2H3. The van der Waals surface area contributed by atoms with E-state index in [9.17, 15) is 4.79 Å². The molecule has 0 bridgehead atoms. The molecule has 2 rings (SSSR count). The minimum atomic E-state index is 0.0231. The Kier molecular flexibility index (Phi) is 4.65. The highest BCUT2D eigenvalue weighted by atomic mass is 32.1. The number of thiazole rings is 1. The Balaban J connectivity index is 2.11. The molecule has 0 aliphatic carbocycles. The molecule has 0 spiro atoms. The van der Waals surface area contributed by atoms with Crippen LogP contribution in [-0.4, -0.2) is 43.0 Å². The number of benzene rings is 1. The first-order chi connectivity index (χ1) is 9.22. The molecule has 0 atom stereocenters. The van der Waals surface area contributed by atoms with Gasteiger partial charge in [0, 0.05) is 25.7 Å². The van der Waals surface area contributed by atoms with Gasteiger partial charge in [0.1, 0.15) is 9.88 Å². The molecular weight excluding hydrogens is 258 g/mol. The van der Waals surface area contributed by atoms with Crippen LogP contribution in [0.4, 0.5) is 0 Å². The highest BCUT2D eigenvalue weighted by Gasteiger charge is 2.15. The summed E-state index contributed by atoms with van der Waals surface area (Å²) in [5.41, 5.74) is 1.05. The van der Waals surface area contributed by atoms with E-state index in [2.05, 4.69) is 10.3 Å². The van der Waals surface area contributed by atoms with Crippen LogP contribution in [-0.2, 0) is 0 Å². The van der Waals surface area contributed by atoms with Gasteiger partial charge in [0.25, 0.3) is 5.91 Å². The molecule has 1 amide bonds. The van der Waals surface area contributed by atoms with Gasteiger partial charge in [-0.05, 0) is 7.05 Å². The first-order valence-corrected chi connectivity index (χ1v) is 6.95. The highest BCUT2D eigenvalue weighted by molar-refractivity contribution is 7.16. The van der Waals surface area contributed by atoms with E-state index in [1.807, 2.05) is 44.4 Å². The average Bonchev–Trinajstić information content (AvgIpc) is 2.94. The van der Waals surface area contributed by atoms with E-state index in [0.29, 0.717) is 11.4 Å². The second kappa shape index (κ2) is 6.45. The van der Waals surface area contributed by atoms with Gasteiger partial charge in [-0.1, -0.05) is 30.3 Å². The molecule has 0 saturated heterocycles. The normalized spacial score (nSPS) is 10.4. The van der Waals surface area contributed by atoms with Crippen molar-refractivity contribution in [2.45, 2.75) is 0 Å². The summed E-state index contributed by atoms with van der Waals surface area (Å²) in [4.78, 5) is 18.9. The number of likely N-dealkylation sites (N-methyl/N-ethyl adjacent to an activating group) is 2. The minimum Gasteiger partial charge on any atom is -0.340 e. The molecule has 0 saturated carbocycles. The monoisotopic (exact) mass is 275 g/mol. The third kappa shape index (κ3) is 3.39. The van der Waals surface area contributed by atoms with Crippen molar-refractivity contribution in [2.75, 3.05) is 27.2 Å². The van der Waals surface area contributed by atoms with Crippen molar-refractivity contribution in [2.24, 2.45) is 0 Å². The number of rotatable bonds is 5. The van der Waals surface area contributed by atoms with E-state index in [0.717, 1.165) is 17.1 Å². The van der Waals surface area contributed by atoms with Gasteiger partial charge >= 0.3 is 0 Å². The van der Waals surface area contributed by atoms with Crippen LogP contribution in [0.3, 0.4) is 0 Å². The maximum absolute atomic E-state index is 12.2. The van der Waals surface area contributed by atoms with Crippen LogP contribution >= 0.6 is 11.3 Å². The maximum Gasteiger partial charge on any atom is 0.265 e. The van der Waals surface area contributed by atoms with Crippen molar-refractivity contribution in [3.8, 4) is 10.6 Å². The summed E-state index contributed by atoms with van der Waals surface area (Å²) in [6, 6.07) is 9.90. The minimum absolute atomic E-state index is 0.0231. The SMILES string of the molecule is CNCCN(C)C(=O)c1cnc(-c2ccccc2)s1. The van der Waals surface area contributed by atoms with E-state index < -0.39 is 0 Å². The third-order valence-electron chi connectivity index (χ3n) is 2.78. The Morgan fingerprint density at radius 2 is 2.11 bits per heavy atom. The Bertz CT molecular complexity index is 539. The largest absolute Gasteiger partial charge is 0.340 e. The molecule has 1 aromatic heterocycles. The second-order valence-electron chi connectivity index (χ2n) is 4.23. The van der Waals surface area contributed by atoms with Crippen LogP contribution in [0.15, 0.2) is 36.5 Å². The summed E-state index contributed by atoms with van der Waals surface area (Å²) in [6.45, 7) is 1.47. The summed E-state index contributed by atoms with van der Waals surface area (Å²) in [6.07, 6.45) is 1.66. The van der Waals surface area contributed by atoms with E-state index in [-0.39, 0.29) is 5.91 Å². The molecule has 19 heavy (non-hydrogen) atoms. The molecule has 0 aliphatic heterocycles. The van der Waals surface area contributed by atoms with Crippen LogP contribution in [0.2, 0.25) is 0 Å². The van der Waals surface area contributed by atoms with Crippen LogP contribution in [0.25, 0.3) is 10.6 Å². The van der Waals surface area contributed by atoms with Gasteiger partial charge in [0.2, 0.25) is 0 Å². The van der Waals surface area contributed by atoms with E-state index in [1.165, 1.54) is 11.3 Å². The first kappa shape index (κ1) is 13.7. The predicted molar refractivity (Wildman–Crippen MR) is 78.4 cm³/mol. The molecule has 0 aliphatic rings. The number of amides is 1. The first-order valence-electron chi connectivity index (χ1n) is 6.13. The summed E-state index contributed by atoms with van der Waals surface area (Å²) >= 11 is 1.43. The third-order valence-corrected chi connectivity index (χ3v) is 3.82. The molecule has 2 aromatic rings. The number of nitrogens with one attached hydrogen (secondary N) is 1. The average molecular weight is 275 g/mol. The van der Waals surface area contributed by atoms with Crippen LogP contribution in [0, 0.1) is 0 Å². The molecule has 100 valence electrons. The Morgan fingerprint density at radius 3 is 2.79 bits per heavy atom. The molecule has 1 aromatic carbocycles. The van der Waals surface area contributed by atoms with Gasteiger partial charge in [0.05, 0.1) is 6.20 Å². The van der Waals surface area contributed by atoms with E-state index in [4.69, 9.17) is 0 Å². The Hall–Kier alpha value is -1.72. The van der Waals surface area contributed by atoms with Crippen LogP contribution in [0.1, 0.15) is 9.67 Å². The number of carbonyl (C=O) groups is 1. The van der Waals surface area contributed by atoms with Crippen molar-refractivity contribution in [1.29, 1.82) is 0 Å². The lowest BCUT2D eigenvalue weighted by Crippen LogP contribution is -2.32. The molecule has 1 N–H and O–H groups in total. The number of hydrogen-bond donors (Lipinski definition) is 1. The fraction of sp³-hybridized carbons (Fsp3) is 0.286. The number of hydrogen-bond acceptors (Lipinski definition) is 4. The van der Waals surface area contributed by atoms with E-state index >= 15 is 0 Å². The molecule has 0 fully saturated rings. The summed E-state index contributed by atoms with van der Waals surface area (Å²) in [5, 5.41) is 3.91. The zero-order chi connectivity index (χ0) is 13.7.